The Morgan fingerprint density at radius 1 is 0.933 bits per heavy atom. The van der Waals surface area contributed by atoms with Crippen LogP contribution in [0.3, 0.4) is 0 Å². The lowest BCUT2D eigenvalue weighted by Crippen LogP contribution is -2.33. The van der Waals surface area contributed by atoms with Gasteiger partial charge in [-0.05, 0) is 56.6 Å². The van der Waals surface area contributed by atoms with Crippen LogP contribution in [0.4, 0.5) is 5.69 Å². The van der Waals surface area contributed by atoms with Crippen LogP contribution in [-0.4, -0.2) is 5.78 Å². The molecule has 0 fully saturated rings. The van der Waals surface area contributed by atoms with Gasteiger partial charge in [-0.3, -0.25) is 4.79 Å². The summed E-state index contributed by atoms with van der Waals surface area (Å²) >= 11 is 1.77. The monoisotopic (exact) mass is 409 g/mol. The summed E-state index contributed by atoms with van der Waals surface area (Å²) in [6.07, 6.45) is 1.51. The van der Waals surface area contributed by atoms with Crippen molar-refractivity contribution in [2.75, 3.05) is 5.32 Å². The highest BCUT2D eigenvalue weighted by molar-refractivity contribution is 7.17. The summed E-state index contributed by atoms with van der Waals surface area (Å²) in [5, 5.41) is 9.66. The molecule has 1 N–H and O–H groups in total. The average Bonchev–Trinajstić information content (AvgIpc) is 3.15. The van der Waals surface area contributed by atoms with E-state index >= 15 is 0 Å². The molecule has 1 aromatic heterocycles. The van der Waals surface area contributed by atoms with Crippen molar-refractivity contribution in [3.63, 3.8) is 0 Å². The first-order valence-electron chi connectivity index (χ1n) is 10.5. The molecule has 0 radical (unpaired) electrons. The number of carbonyl (C=O) groups excluding carboxylic acids is 1. The van der Waals surface area contributed by atoms with Crippen LogP contribution in [0.5, 0.6) is 0 Å². The van der Waals surface area contributed by atoms with E-state index in [0.29, 0.717) is 6.42 Å². The number of fused-ring (bicyclic) bond motifs is 4. The Kier molecular flexibility index (Phi) is 3.76. The number of hydrogen-bond acceptors (Lipinski definition) is 3. The topological polar surface area (TPSA) is 29.1 Å². The maximum Gasteiger partial charge on any atom is 0.162 e. The summed E-state index contributed by atoms with van der Waals surface area (Å²) < 4.78 is 1.28. The largest absolute Gasteiger partial charge is 0.358 e. The lowest BCUT2D eigenvalue weighted by Gasteiger charge is -2.39. The zero-order valence-corrected chi connectivity index (χ0v) is 18.0. The Bertz CT molecular complexity index is 1370. The van der Waals surface area contributed by atoms with Crippen LogP contribution in [-0.2, 0) is 4.79 Å². The third-order valence-electron chi connectivity index (χ3n) is 6.58. The molecular weight excluding hydrogens is 386 g/mol. The summed E-state index contributed by atoms with van der Waals surface area (Å²) in [6.45, 7) is 4.39. The third-order valence-corrected chi connectivity index (χ3v) is 7.56. The van der Waals surface area contributed by atoms with Crippen molar-refractivity contribution in [1.29, 1.82) is 0 Å². The molecule has 2 heterocycles. The zero-order chi connectivity index (χ0) is 20.5. The first-order valence-corrected chi connectivity index (χ1v) is 11.4. The van der Waals surface area contributed by atoms with Crippen molar-refractivity contribution in [2.45, 2.75) is 32.6 Å². The summed E-state index contributed by atoms with van der Waals surface area (Å²) in [7, 11) is 0. The van der Waals surface area contributed by atoms with Crippen molar-refractivity contribution in [3.05, 3.63) is 88.4 Å². The van der Waals surface area contributed by atoms with Gasteiger partial charge in [-0.25, -0.2) is 0 Å². The molecule has 0 bridgehead atoms. The molecule has 0 amide bonds. The highest BCUT2D eigenvalue weighted by atomic mass is 32.1. The van der Waals surface area contributed by atoms with E-state index in [9.17, 15) is 4.79 Å². The zero-order valence-electron chi connectivity index (χ0n) is 17.2. The van der Waals surface area contributed by atoms with Gasteiger partial charge >= 0.3 is 0 Å². The van der Waals surface area contributed by atoms with Gasteiger partial charge < -0.3 is 5.32 Å². The second kappa shape index (κ2) is 6.29. The SMILES string of the molecule is CC1(C)CC(=O)C2=C(C1)Nc1ccc3ccccc3c1C2c1csc2ccccc12. The number of carbonyl (C=O) groups is 1. The first-order chi connectivity index (χ1) is 14.5. The van der Waals surface area contributed by atoms with Crippen LogP contribution < -0.4 is 5.32 Å². The van der Waals surface area contributed by atoms with Gasteiger partial charge in [-0.2, -0.15) is 0 Å². The number of allylic oxidation sites excluding steroid dienone is 2. The van der Waals surface area contributed by atoms with Crippen LogP contribution in [0.1, 0.15) is 43.7 Å². The van der Waals surface area contributed by atoms with Gasteiger partial charge in [-0.1, -0.05) is 62.4 Å². The smallest absolute Gasteiger partial charge is 0.162 e. The molecule has 4 aromatic rings. The molecule has 1 unspecified atom stereocenters. The highest BCUT2D eigenvalue weighted by Crippen LogP contribution is 2.52. The molecule has 0 saturated carbocycles. The number of hydrogen-bond donors (Lipinski definition) is 1. The van der Waals surface area contributed by atoms with Gasteiger partial charge in [0.2, 0.25) is 0 Å². The Morgan fingerprint density at radius 2 is 1.70 bits per heavy atom. The lowest BCUT2D eigenvalue weighted by atomic mass is 9.68. The predicted molar refractivity (Wildman–Crippen MR) is 126 cm³/mol. The lowest BCUT2D eigenvalue weighted by molar-refractivity contribution is -0.118. The summed E-state index contributed by atoms with van der Waals surface area (Å²) in [5.41, 5.74) is 5.71. The molecule has 3 aromatic carbocycles. The molecular formula is C27H23NOS. The minimum atomic E-state index is -0.0258. The summed E-state index contributed by atoms with van der Waals surface area (Å²) in [6, 6.07) is 21.5. The standard InChI is InChI=1S/C27H23NOS/c1-27(2)13-21-26(22(29)14-27)25(19-15-30-23-10-6-5-9-18(19)23)24-17-8-4-3-7-16(17)11-12-20(24)28-21/h3-12,15,25,28H,13-14H2,1-2H3. The predicted octanol–water partition coefficient (Wildman–Crippen LogP) is 7.26. The molecule has 1 aliphatic heterocycles. The van der Waals surface area contributed by atoms with Crippen LogP contribution in [0.2, 0.25) is 0 Å². The van der Waals surface area contributed by atoms with E-state index in [-0.39, 0.29) is 17.1 Å². The summed E-state index contributed by atoms with van der Waals surface area (Å²) in [5.74, 6) is 0.259. The van der Waals surface area contributed by atoms with Gasteiger partial charge in [0.05, 0.1) is 0 Å². The van der Waals surface area contributed by atoms with Crippen molar-refractivity contribution in [2.24, 2.45) is 5.41 Å². The Morgan fingerprint density at radius 3 is 2.57 bits per heavy atom. The minimum absolute atomic E-state index is 0.0153. The fraction of sp³-hybridized carbons (Fsp3) is 0.222. The molecule has 2 nitrogen and oxygen atoms in total. The van der Waals surface area contributed by atoms with Gasteiger partial charge in [0, 0.05) is 34.0 Å². The molecule has 1 atom stereocenters. The Hall–Kier alpha value is -2.91. The van der Waals surface area contributed by atoms with Gasteiger partial charge in [0.15, 0.2) is 5.78 Å². The Balaban J connectivity index is 1.70. The molecule has 1 aliphatic carbocycles. The highest BCUT2D eigenvalue weighted by Gasteiger charge is 2.41. The van der Waals surface area contributed by atoms with Crippen LogP contribution >= 0.6 is 11.3 Å². The molecule has 148 valence electrons. The van der Waals surface area contributed by atoms with Crippen molar-refractivity contribution in [1.82, 2.24) is 0 Å². The molecule has 3 heteroatoms. The fourth-order valence-corrected chi connectivity index (χ4v) is 6.32. The van der Waals surface area contributed by atoms with E-state index < -0.39 is 0 Å². The van der Waals surface area contributed by atoms with E-state index in [1.54, 1.807) is 11.3 Å². The van der Waals surface area contributed by atoms with E-state index in [4.69, 9.17) is 0 Å². The number of nitrogens with one attached hydrogen (secondary N) is 1. The number of rotatable bonds is 1. The molecule has 0 spiro atoms. The fourth-order valence-electron chi connectivity index (χ4n) is 5.34. The van der Waals surface area contributed by atoms with Crippen LogP contribution in [0, 0.1) is 5.41 Å². The Labute approximate surface area is 180 Å². The summed E-state index contributed by atoms with van der Waals surface area (Å²) in [4.78, 5) is 13.5. The number of benzene rings is 3. The van der Waals surface area contributed by atoms with E-state index in [0.717, 1.165) is 23.4 Å². The molecule has 2 aliphatic rings. The normalized spacial score (nSPS) is 20.2. The first kappa shape index (κ1) is 17.9. The van der Waals surface area contributed by atoms with Gasteiger partial charge in [-0.15, -0.1) is 11.3 Å². The molecule has 30 heavy (non-hydrogen) atoms. The second-order valence-corrected chi connectivity index (χ2v) is 10.2. The van der Waals surface area contributed by atoms with E-state index in [1.807, 2.05) is 0 Å². The number of thiophene rings is 1. The number of ketones is 1. The average molecular weight is 410 g/mol. The number of Topliss-reactive ketones (excluding diaryl/α,β-unsaturated/α-hetero) is 1. The van der Waals surface area contributed by atoms with Crippen LogP contribution in [0.15, 0.2) is 77.3 Å². The van der Waals surface area contributed by atoms with Gasteiger partial charge in [0.1, 0.15) is 0 Å². The maximum absolute atomic E-state index is 13.5. The number of anilines is 1. The van der Waals surface area contributed by atoms with Crippen molar-refractivity contribution in [3.8, 4) is 0 Å². The molecule has 0 saturated heterocycles. The second-order valence-electron chi connectivity index (χ2n) is 9.33. The third kappa shape index (κ3) is 2.58. The maximum atomic E-state index is 13.5. The van der Waals surface area contributed by atoms with Crippen LogP contribution in [0.25, 0.3) is 20.9 Å². The molecule has 6 rings (SSSR count). The van der Waals surface area contributed by atoms with E-state index in [1.165, 1.54) is 32.0 Å². The van der Waals surface area contributed by atoms with Crippen molar-refractivity contribution >= 4 is 43.7 Å². The quantitative estimate of drug-likeness (QED) is 0.358. The van der Waals surface area contributed by atoms with E-state index in [2.05, 4.69) is 85.2 Å². The minimum Gasteiger partial charge on any atom is -0.358 e. The van der Waals surface area contributed by atoms with Gasteiger partial charge in [0.25, 0.3) is 0 Å². The van der Waals surface area contributed by atoms with Crippen molar-refractivity contribution < 1.29 is 4.79 Å².